The third-order valence-electron chi connectivity index (χ3n) is 10.0. The summed E-state index contributed by atoms with van der Waals surface area (Å²) in [6.45, 7) is 20.2. The summed E-state index contributed by atoms with van der Waals surface area (Å²) in [5.41, 5.74) is 12.8. The van der Waals surface area contributed by atoms with Crippen molar-refractivity contribution in [1.29, 1.82) is 0 Å². The Hall–Kier alpha value is -2.64. The van der Waals surface area contributed by atoms with Gasteiger partial charge in [-0.1, -0.05) is 76.2 Å². The van der Waals surface area contributed by atoms with Crippen LogP contribution in [0.5, 0.6) is 0 Å². The normalized spacial score (nSPS) is 24.6. The highest BCUT2D eigenvalue weighted by molar-refractivity contribution is 6.10. The summed E-state index contributed by atoms with van der Waals surface area (Å²) >= 11 is 0. The van der Waals surface area contributed by atoms with Crippen LogP contribution in [0.4, 0.5) is 11.4 Å². The van der Waals surface area contributed by atoms with E-state index in [9.17, 15) is 0 Å². The Balaban J connectivity index is 0.00000368. The van der Waals surface area contributed by atoms with E-state index in [4.69, 9.17) is 0 Å². The van der Waals surface area contributed by atoms with Crippen LogP contribution in [-0.4, -0.2) is 49.6 Å². The number of hydrogen-bond donors (Lipinski definition) is 1. The molecule has 2 aromatic rings. The molecule has 4 nitrogen and oxygen atoms in total. The van der Waals surface area contributed by atoms with Gasteiger partial charge in [0.05, 0.1) is 13.1 Å². The van der Waals surface area contributed by atoms with Gasteiger partial charge in [-0.05, 0) is 68.5 Å². The fourth-order valence-corrected chi connectivity index (χ4v) is 7.85. The van der Waals surface area contributed by atoms with Crippen molar-refractivity contribution in [2.45, 2.75) is 71.6 Å². The van der Waals surface area contributed by atoms with Crippen LogP contribution in [0.2, 0.25) is 0 Å². The van der Waals surface area contributed by atoms with Gasteiger partial charge in [0.1, 0.15) is 0 Å². The van der Waals surface area contributed by atoms with Crippen LogP contribution in [0.3, 0.4) is 0 Å². The molecule has 3 heterocycles. The monoisotopic (exact) mass is 688 g/mol. The molecule has 0 unspecified atom stereocenters. The van der Waals surface area contributed by atoms with E-state index >= 15 is 0 Å². The highest BCUT2D eigenvalue weighted by atomic mass is 127. The third kappa shape index (κ3) is 5.56. The molecule has 43 heavy (non-hydrogen) atoms. The van der Waals surface area contributed by atoms with Gasteiger partial charge in [-0.3, -0.25) is 0 Å². The summed E-state index contributed by atoms with van der Waals surface area (Å²) in [6.07, 6.45) is 13.3. The molecule has 0 bridgehead atoms. The molecule has 0 aromatic heterocycles. The van der Waals surface area contributed by atoms with E-state index in [1.54, 1.807) is 0 Å². The number of piperazine rings is 1. The maximum Gasteiger partial charge on any atom is 0.206 e. The average Bonchev–Trinajstić information content (AvgIpc) is 3.37. The minimum absolute atomic E-state index is 0. The van der Waals surface area contributed by atoms with Gasteiger partial charge in [0.25, 0.3) is 0 Å². The Labute approximate surface area is 277 Å². The average molecular weight is 689 g/mol. The Kier molecular flexibility index (Phi) is 9.43. The van der Waals surface area contributed by atoms with Crippen molar-refractivity contribution in [3.05, 3.63) is 107 Å². The molecular formula is C38H49IN4. The number of benzene rings is 2. The minimum Gasteiger partial charge on any atom is -1.00 e. The summed E-state index contributed by atoms with van der Waals surface area (Å²) < 4.78 is 2.66. The van der Waals surface area contributed by atoms with E-state index < -0.39 is 0 Å². The van der Waals surface area contributed by atoms with Crippen molar-refractivity contribution in [1.82, 2.24) is 5.32 Å². The van der Waals surface area contributed by atoms with Gasteiger partial charge < -0.3 is 39.1 Å². The first kappa shape index (κ1) is 31.8. The van der Waals surface area contributed by atoms with Crippen molar-refractivity contribution >= 4 is 17.1 Å². The van der Waals surface area contributed by atoms with Crippen LogP contribution in [0, 0.1) is 0 Å². The molecule has 2 aromatic carbocycles. The second-order valence-electron chi connectivity index (χ2n) is 13.2. The summed E-state index contributed by atoms with van der Waals surface area (Å²) in [5.74, 6) is 0. The quantitative estimate of drug-likeness (QED) is 0.379. The van der Waals surface area contributed by atoms with Gasteiger partial charge in [-0.2, -0.15) is 0 Å². The number of fused-ring (bicyclic) bond motifs is 2. The zero-order valence-electron chi connectivity index (χ0n) is 27.0. The second kappa shape index (κ2) is 12.8. The maximum absolute atomic E-state index is 3.57. The lowest BCUT2D eigenvalue weighted by Crippen LogP contribution is -3.00. The van der Waals surface area contributed by atoms with Gasteiger partial charge >= 0.3 is 0 Å². The number of likely N-dealkylation sites (N-methyl/N-ethyl adjacent to an activating group) is 2. The first-order valence-corrected chi connectivity index (χ1v) is 16.2. The molecule has 1 saturated heterocycles. The number of hydrogen-bond acceptors (Lipinski definition) is 3. The van der Waals surface area contributed by atoms with Crippen molar-refractivity contribution in [3.8, 4) is 0 Å². The third-order valence-corrected chi connectivity index (χ3v) is 10.0. The van der Waals surface area contributed by atoms with Gasteiger partial charge in [0, 0.05) is 57.8 Å². The molecule has 0 atom stereocenters. The molecule has 1 aliphatic carbocycles. The summed E-state index contributed by atoms with van der Waals surface area (Å²) in [4.78, 5) is 5.03. The number of rotatable bonds is 4. The number of anilines is 2. The SMILES string of the molecule is CCN1C(=CC=C2CCC/C(=C\C=C3\N(CC)c4ccccc4C3(C)C)C2=[N+]2CCNCC2)C(C)(C)c2ccccc21.[I-]. The van der Waals surface area contributed by atoms with E-state index in [1.165, 1.54) is 57.2 Å². The Morgan fingerprint density at radius 3 is 1.58 bits per heavy atom. The van der Waals surface area contributed by atoms with Crippen molar-refractivity contribution in [2.75, 3.05) is 49.1 Å². The van der Waals surface area contributed by atoms with Gasteiger partial charge in [0.15, 0.2) is 13.1 Å². The molecule has 0 spiro atoms. The van der Waals surface area contributed by atoms with Crippen molar-refractivity contribution < 1.29 is 28.6 Å². The van der Waals surface area contributed by atoms with Crippen LogP contribution in [0.1, 0.15) is 71.9 Å². The molecule has 228 valence electrons. The Morgan fingerprint density at radius 1 is 0.698 bits per heavy atom. The van der Waals surface area contributed by atoms with Crippen LogP contribution >= 0.6 is 0 Å². The Morgan fingerprint density at radius 2 is 1.14 bits per heavy atom. The van der Waals surface area contributed by atoms with Crippen LogP contribution in [0.15, 0.2) is 95.4 Å². The molecule has 0 radical (unpaired) electrons. The summed E-state index contributed by atoms with van der Waals surface area (Å²) in [7, 11) is 0. The van der Waals surface area contributed by atoms with Crippen LogP contribution < -0.4 is 39.1 Å². The van der Waals surface area contributed by atoms with Gasteiger partial charge in [-0.15, -0.1) is 0 Å². The zero-order chi connectivity index (χ0) is 29.5. The lowest BCUT2D eigenvalue weighted by Gasteiger charge is -2.27. The number of nitrogens with zero attached hydrogens (tertiary/aromatic N) is 3. The molecule has 3 aliphatic heterocycles. The van der Waals surface area contributed by atoms with Gasteiger partial charge in [-0.25, -0.2) is 4.58 Å². The summed E-state index contributed by atoms with van der Waals surface area (Å²) in [5, 5.41) is 3.57. The molecule has 1 N–H and O–H groups in total. The lowest BCUT2D eigenvalue weighted by atomic mass is 9.82. The fraction of sp³-hybridized carbons (Fsp3) is 0.447. The first-order valence-electron chi connectivity index (χ1n) is 16.2. The smallest absolute Gasteiger partial charge is 0.206 e. The van der Waals surface area contributed by atoms with E-state index in [1.807, 2.05) is 0 Å². The lowest BCUT2D eigenvalue weighted by molar-refractivity contribution is -0.531. The predicted molar refractivity (Wildman–Crippen MR) is 179 cm³/mol. The van der Waals surface area contributed by atoms with Gasteiger partial charge in [0.2, 0.25) is 5.71 Å². The number of para-hydroxylation sites is 2. The zero-order valence-corrected chi connectivity index (χ0v) is 29.2. The molecular weight excluding hydrogens is 639 g/mol. The molecule has 0 amide bonds. The highest BCUT2D eigenvalue weighted by Crippen LogP contribution is 2.48. The molecule has 2 fully saturated rings. The molecule has 5 heteroatoms. The van der Waals surface area contributed by atoms with E-state index in [0.29, 0.717) is 0 Å². The standard InChI is InChI=1S/C38H49N4.HI/c1-7-41-32-18-11-9-16-30(32)37(3,4)34(41)22-20-28-14-13-15-29(36(28)40-26-24-39-25-27-40)21-23-35-38(5,6)31-17-10-12-19-33(31)42(35)8-2;/h9-12,16-23,39H,7-8,13-15,24-27H2,1-6H3;1H/q+1;/p-1. The van der Waals surface area contributed by atoms with Crippen molar-refractivity contribution in [3.63, 3.8) is 0 Å². The van der Waals surface area contributed by atoms with Crippen molar-refractivity contribution in [2.24, 2.45) is 0 Å². The largest absolute Gasteiger partial charge is 1.00 e. The van der Waals surface area contributed by atoms with E-state index in [0.717, 1.165) is 52.1 Å². The van der Waals surface area contributed by atoms with Crippen LogP contribution in [0.25, 0.3) is 0 Å². The molecule has 1 saturated carbocycles. The number of allylic oxidation sites excluding steroid dienone is 8. The first-order chi connectivity index (χ1) is 20.3. The minimum atomic E-state index is -0.0106. The fourth-order valence-electron chi connectivity index (χ4n) is 7.85. The summed E-state index contributed by atoms with van der Waals surface area (Å²) in [6, 6.07) is 17.9. The Bertz CT molecular complexity index is 1410. The van der Waals surface area contributed by atoms with E-state index in [-0.39, 0.29) is 34.8 Å². The molecule has 6 rings (SSSR count). The maximum atomic E-state index is 3.57. The highest BCUT2D eigenvalue weighted by Gasteiger charge is 2.40. The molecule has 4 aliphatic rings. The predicted octanol–water partition coefficient (Wildman–Crippen LogP) is 4.49. The number of halogens is 1. The topological polar surface area (TPSA) is 21.5 Å². The van der Waals surface area contributed by atoms with E-state index in [2.05, 4.69) is 134 Å². The second-order valence-corrected chi connectivity index (χ2v) is 13.2. The number of nitrogens with one attached hydrogen (secondary N) is 1. The van der Waals surface area contributed by atoms with Crippen LogP contribution in [-0.2, 0) is 10.8 Å².